The SMILES string of the molecule is O=C(O)CCCC/C=C/C(=O)N[C@H](CO)Cc1ccccc1. The molecule has 0 unspecified atom stereocenters. The number of rotatable bonds is 10. The van der Waals surface area contributed by atoms with E-state index in [2.05, 4.69) is 5.32 Å². The lowest BCUT2D eigenvalue weighted by molar-refractivity contribution is -0.137. The monoisotopic (exact) mass is 305 g/mol. The zero-order valence-corrected chi connectivity index (χ0v) is 12.6. The third-order valence-corrected chi connectivity index (χ3v) is 3.17. The molecule has 1 rings (SSSR count). The van der Waals surface area contributed by atoms with E-state index in [0.717, 1.165) is 12.0 Å². The third kappa shape index (κ3) is 8.21. The number of nitrogens with one attached hydrogen (secondary N) is 1. The van der Waals surface area contributed by atoms with Gasteiger partial charge in [0.05, 0.1) is 12.6 Å². The number of carbonyl (C=O) groups is 2. The van der Waals surface area contributed by atoms with Crippen molar-refractivity contribution in [2.45, 2.75) is 38.1 Å². The minimum absolute atomic E-state index is 0.118. The van der Waals surface area contributed by atoms with Gasteiger partial charge in [-0.1, -0.05) is 36.4 Å². The molecule has 0 bridgehead atoms. The summed E-state index contributed by atoms with van der Waals surface area (Å²) in [4.78, 5) is 22.1. The number of benzene rings is 1. The Kier molecular flexibility index (Phi) is 8.60. The van der Waals surface area contributed by atoms with Crippen molar-refractivity contribution in [2.75, 3.05) is 6.61 Å². The number of carbonyl (C=O) groups excluding carboxylic acids is 1. The van der Waals surface area contributed by atoms with Gasteiger partial charge in [0.15, 0.2) is 0 Å². The van der Waals surface area contributed by atoms with E-state index in [1.807, 2.05) is 30.3 Å². The summed E-state index contributed by atoms with van der Waals surface area (Å²) in [5.41, 5.74) is 1.06. The van der Waals surface area contributed by atoms with Crippen molar-refractivity contribution in [1.82, 2.24) is 5.32 Å². The van der Waals surface area contributed by atoms with E-state index in [1.165, 1.54) is 6.08 Å². The van der Waals surface area contributed by atoms with Crippen molar-refractivity contribution in [2.24, 2.45) is 0 Å². The lowest BCUT2D eigenvalue weighted by Gasteiger charge is -2.15. The smallest absolute Gasteiger partial charge is 0.303 e. The first-order valence-corrected chi connectivity index (χ1v) is 7.45. The number of carboxylic acid groups (broad SMARTS) is 1. The van der Waals surface area contributed by atoms with Crippen LogP contribution in [0.5, 0.6) is 0 Å². The van der Waals surface area contributed by atoms with Crippen molar-refractivity contribution < 1.29 is 19.8 Å². The van der Waals surface area contributed by atoms with Crippen LogP contribution in [0, 0.1) is 0 Å². The second kappa shape index (κ2) is 10.6. The Morgan fingerprint density at radius 1 is 1.18 bits per heavy atom. The second-order valence-corrected chi connectivity index (χ2v) is 5.12. The molecule has 0 fully saturated rings. The number of aliphatic hydroxyl groups excluding tert-OH is 1. The molecule has 0 aliphatic rings. The van der Waals surface area contributed by atoms with Crippen LogP contribution in [0.2, 0.25) is 0 Å². The first-order chi connectivity index (χ1) is 10.6. The Labute approximate surface area is 130 Å². The number of aliphatic hydroxyl groups is 1. The molecule has 3 N–H and O–H groups in total. The summed E-state index contributed by atoms with van der Waals surface area (Å²) in [5, 5.41) is 20.6. The van der Waals surface area contributed by atoms with Crippen LogP contribution in [0.25, 0.3) is 0 Å². The first-order valence-electron chi connectivity index (χ1n) is 7.45. The van der Waals surface area contributed by atoms with Crippen LogP contribution >= 0.6 is 0 Å². The highest BCUT2D eigenvalue weighted by Crippen LogP contribution is 2.03. The Balaban J connectivity index is 2.28. The van der Waals surface area contributed by atoms with Crippen LogP contribution in [0.3, 0.4) is 0 Å². The highest BCUT2D eigenvalue weighted by atomic mass is 16.4. The zero-order chi connectivity index (χ0) is 16.2. The predicted octanol–water partition coefficient (Wildman–Crippen LogP) is 1.91. The van der Waals surface area contributed by atoms with Gasteiger partial charge in [-0.15, -0.1) is 0 Å². The number of allylic oxidation sites excluding steroid dienone is 1. The van der Waals surface area contributed by atoms with Crippen LogP contribution < -0.4 is 5.32 Å². The van der Waals surface area contributed by atoms with Crippen molar-refractivity contribution >= 4 is 11.9 Å². The molecule has 0 heterocycles. The number of unbranched alkanes of at least 4 members (excludes halogenated alkanes) is 2. The van der Waals surface area contributed by atoms with E-state index < -0.39 is 5.97 Å². The summed E-state index contributed by atoms with van der Waals surface area (Å²) < 4.78 is 0. The Bertz CT molecular complexity index is 485. The van der Waals surface area contributed by atoms with Gasteiger partial charge in [0.2, 0.25) is 5.91 Å². The lowest BCUT2D eigenvalue weighted by atomic mass is 10.1. The maximum absolute atomic E-state index is 11.7. The molecule has 1 atom stereocenters. The van der Waals surface area contributed by atoms with E-state index in [0.29, 0.717) is 19.3 Å². The number of carboxylic acids is 1. The fraction of sp³-hybridized carbons (Fsp3) is 0.412. The van der Waals surface area contributed by atoms with Gasteiger partial charge in [-0.05, 0) is 37.3 Å². The molecule has 0 aliphatic carbocycles. The van der Waals surface area contributed by atoms with Gasteiger partial charge in [-0.2, -0.15) is 0 Å². The molecule has 5 nitrogen and oxygen atoms in total. The van der Waals surface area contributed by atoms with Crippen molar-refractivity contribution in [3.63, 3.8) is 0 Å². The fourth-order valence-electron chi connectivity index (χ4n) is 2.04. The van der Waals surface area contributed by atoms with Gasteiger partial charge in [0.25, 0.3) is 0 Å². The molecule has 0 radical (unpaired) electrons. The maximum atomic E-state index is 11.7. The Hall–Kier alpha value is -2.14. The second-order valence-electron chi connectivity index (χ2n) is 5.12. The van der Waals surface area contributed by atoms with Crippen LogP contribution in [0.15, 0.2) is 42.5 Å². The zero-order valence-electron chi connectivity index (χ0n) is 12.6. The van der Waals surface area contributed by atoms with Crippen LogP contribution in [-0.4, -0.2) is 34.7 Å². The van der Waals surface area contributed by atoms with Gasteiger partial charge < -0.3 is 15.5 Å². The molecule has 0 spiro atoms. The molecule has 1 amide bonds. The van der Waals surface area contributed by atoms with Gasteiger partial charge in [-0.3, -0.25) is 9.59 Å². The topological polar surface area (TPSA) is 86.6 Å². The van der Waals surface area contributed by atoms with Crippen LogP contribution in [0.4, 0.5) is 0 Å². The van der Waals surface area contributed by atoms with Gasteiger partial charge in [-0.25, -0.2) is 0 Å². The third-order valence-electron chi connectivity index (χ3n) is 3.17. The molecule has 1 aromatic carbocycles. The Morgan fingerprint density at radius 2 is 1.91 bits per heavy atom. The molecule has 1 aromatic rings. The first kappa shape index (κ1) is 17.9. The largest absolute Gasteiger partial charge is 0.481 e. The molecule has 0 saturated heterocycles. The summed E-state index contributed by atoms with van der Waals surface area (Å²) in [7, 11) is 0. The molecule has 120 valence electrons. The summed E-state index contributed by atoms with van der Waals surface area (Å²) >= 11 is 0. The normalized spacial score (nSPS) is 12.2. The average Bonchev–Trinajstić information content (AvgIpc) is 2.50. The fourth-order valence-corrected chi connectivity index (χ4v) is 2.04. The van der Waals surface area contributed by atoms with E-state index in [1.54, 1.807) is 6.08 Å². The minimum atomic E-state index is -0.798. The number of hydrogen-bond donors (Lipinski definition) is 3. The van der Waals surface area contributed by atoms with Crippen molar-refractivity contribution in [3.05, 3.63) is 48.0 Å². The van der Waals surface area contributed by atoms with E-state index in [4.69, 9.17) is 5.11 Å². The number of amides is 1. The Morgan fingerprint density at radius 3 is 2.55 bits per heavy atom. The highest BCUT2D eigenvalue weighted by Gasteiger charge is 2.10. The van der Waals surface area contributed by atoms with Crippen LogP contribution in [0.1, 0.15) is 31.2 Å². The van der Waals surface area contributed by atoms with E-state index >= 15 is 0 Å². The van der Waals surface area contributed by atoms with Gasteiger partial charge >= 0.3 is 5.97 Å². The molecular weight excluding hydrogens is 282 g/mol. The summed E-state index contributed by atoms with van der Waals surface area (Å²) in [6.07, 6.45) is 5.92. The minimum Gasteiger partial charge on any atom is -0.481 e. The lowest BCUT2D eigenvalue weighted by Crippen LogP contribution is -2.38. The molecule has 0 saturated carbocycles. The maximum Gasteiger partial charge on any atom is 0.303 e. The van der Waals surface area contributed by atoms with Crippen LogP contribution in [-0.2, 0) is 16.0 Å². The van der Waals surface area contributed by atoms with Gasteiger partial charge in [0, 0.05) is 6.42 Å². The molecule has 0 aromatic heterocycles. The van der Waals surface area contributed by atoms with Crippen molar-refractivity contribution in [3.8, 4) is 0 Å². The molecular formula is C17H23NO4. The standard InChI is InChI=1S/C17H23NO4/c19-13-15(12-14-8-4-3-5-9-14)18-16(20)10-6-1-2-7-11-17(21)22/h3-6,8-10,15,19H,1-2,7,11-13H2,(H,18,20)(H,21,22)/b10-6+/t15-/m0/s1. The summed E-state index contributed by atoms with van der Waals surface area (Å²) in [6, 6.07) is 9.35. The van der Waals surface area contributed by atoms with Crippen molar-refractivity contribution in [1.29, 1.82) is 0 Å². The quantitative estimate of drug-likeness (QED) is 0.455. The number of hydrogen-bond acceptors (Lipinski definition) is 3. The predicted molar refractivity (Wildman–Crippen MR) is 84.4 cm³/mol. The van der Waals surface area contributed by atoms with Gasteiger partial charge in [0.1, 0.15) is 0 Å². The van der Waals surface area contributed by atoms with E-state index in [9.17, 15) is 14.7 Å². The summed E-state index contributed by atoms with van der Waals surface area (Å²) in [6.45, 7) is -0.118. The number of aliphatic carboxylic acids is 1. The molecule has 22 heavy (non-hydrogen) atoms. The summed E-state index contributed by atoms with van der Waals surface area (Å²) in [5.74, 6) is -1.04. The van der Waals surface area contributed by atoms with E-state index in [-0.39, 0.29) is 25.0 Å². The molecule has 0 aliphatic heterocycles. The molecule has 5 heteroatoms. The average molecular weight is 305 g/mol. The highest BCUT2D eigenvalue weighted by molar-refractivity contribution is 5.87.